The van der Waals surface area contributed by atoms with E-state index in [1.54, 1.807) is 16.7 Å². The minimum absolute atomic E-state index is 0.0956. The van der Waals surface area contributed by atoms with E-state index in [-0.39, 0.29) is 10.8 Å². The van der Waals surface area contributed by atoms with Gasteiger partial charge in [0.2, 0.25) is 0 Å². The molecule has 3 aliphatic carbocycles. The Morgan fingerprint density at radius 3 is 2.43 bits per heavy atom. The SMILES string of the molecule is CCCCCC(C)(C)c1ccc2ccc3c(c2c1)C=CCCC1=C3c2cc3ccccc3cc2C(C)(C2CC2=C(C)C=C(C)CC)C1. The van der Waals surface area contributed by atoms with Gasteiger partial charge in [-0.2, -0.15) is 0 Å². The van der Waals surface area contributed by atoms with Gasteiger partial charge in [0.15, 0.2) is 0 Å². The number of unbranched alkanes of at least 4 members (excludes halogenated alkanes) is 2. The largest absolute Gasteiger partial charge is 0.0836 e. The van der Waals surface area contributed by atoms with Crippen LogP contribution in [0.1, 0.15) is 134 Å². The van der Waals surface area contributed by atoms with Gasteiger partial charge in [-0.25, -0.2) is 0 Å². The summed E-state index contributed by atoms with van der Waals surface area (Å²) in [7, 11) is 0. The second-order valence-corrected chi connectivity index (χ2v) is 15.9. The van der Waals surface area contributed by atoms with Crippen LogP contribution in [0.3, 0.4) is 0 Å². The molecule has 4 aromatic carbocycles. The van der Waals surface area contributed by atoms with Crippen molar-refractivity contribution in [1.29, 1.82) is 0 Å². The van der Waals surface area contributed by atoms with E-state index in [0.29, 0.717) is 5.92 Å². The van der Waals surface area contributed by atoms with Gasteiger partial charge in [-0.15, -0.1) is 0 Å². The molecule has 0 spiro atoms. The highest BCUT2D eigenvalue weighted by Crippen LogP contribution is 2.61. The molecule has 3 aliphatic rings. The van der Waals surface area contributed by atoms with Gasteiger partial charge >= 0.3 is 0 Å². The first-order chi connectivity index (χ1) is 22.6. The molecule has 0 N–H and O–H groups in total. The van der Waals surface area contributed by atoms with Crippen LogP contribution in [0.2, 0.25) is 0 Å². The molecule has 0 radical (unpaired) electrons. The van der Waals surface area contributed by atoms with Crippen LogP contribution < -0.4 is 0 Å². The first kappa shape index (κ1) is 31.9. The minimum Gasteiger partial charge on any atom is -0.0836 e. The second-order valence-electron chi connectivity index (χ2n) is 15.9. The number of rotatable bonds is 8. The number of hydrogen-bond donors (Lipinski definition) is 0. The minimum atomic E-state index is 0.0956. The summed E-state index contributed by atoms with van der Waals surface area (Å²) >= 11 is 0. The summed E-state index contributed by atoms with van der Waals surface area (Å²) in [6.07, 6.45) is 18.2. The molecule has 2 unspecified atom stereocenters. The van der Waals surface area contributed by atoms with Crippen LogP contribution in [-0.2, 0) is 10.8 Å². The van der Waals surface area contributed by atoms with Gasteiger partial charge in [-0.05, 0) is 137 Å². The van der Waals surface area contributed by atoms with Crippen LogP contribution in [-0.4, -0.2) is 0 Å². The normalized spacial score (nSPS) is 22.1. The van der Waals surface area contributed by atoms with Crippen molar-refractivity contribution in [1.82, 2.24) is 0 Å². The summed E-state index contributed by atoms with van der Waals surface area (Å²) in [4.78, 5) is 0. The third-order valence-electron chi connectivity index (χ3n) is 12.1. The lowest BCUT2D eigenvalue weighted by Crippen LogP contribution is -2.31. The van der Waals surface area contributed by atoms with Crippen LogP contribution in [0.15, 0.2) is 101 Å². The van der Waals surface area contributed by atoms with Gasteiger partial charge in [0.25, 0.3) is 0 Å². The molecule has 7 rings (SSSR count). The summed E-state index contributed by atoms with van der Waals surface area (Å²) in [6, 6.07) is 26.3. The maximum Gasteiger partial charge on any atom is 0.00372 e. The van der Waals surface area contributed by atoms with E-state index in [4.69, 9.17) is 0 Å². The molecule has 0 bridgehead atoms. The zero-order chi connectivity index (χ0) is 32.9. The van der Waals surface area contributed by atoms with Crippen molar-refractivity contribution in [2.45, 2.75) is 117 Å². The van der Waals surface area contributed by atoms with Gasteiger partial charge in [0, 0.05) is 5.41 Å². The maximum atomic E-state index is 2.59. The topological polar surface area (TPSA) is 0 Å². The summed E-state index contributed by atoms with van der Waals surface area (Å²) < 4.78 is 0. The number of allylic oxidation sites excluding steroid dienone is 6. The molecule has 0 heterocycles. The fourth-order valence-electron chi connectivity index (χ4n) is 8.95. The van der Waals surface area contributed by atoms with Crippen molar-refractivity contribution in [2.24, 2.45) is 5.92 Å². The highest BCUT2D eigenvalue weighted by atomic mass is 14.5. The second kappa shape index (κ2) is 12.4. The van der Waals surface area contributed by atoms with Crippen molar-refractivity contribution in [3.8, 4) is 0 Å². The fraction of sp³-hybridized carbons (Fsp3) is 0.404. The Bertz CT molecular complexity index is 1990. The zero-order valence-electron chi connectivity index (χ0n) is 30.0. The van der Waals surface area contributed by atoms with Crippen LogP contribution in [0.4, 0.5) is 0 Å². The van der Waals surface area contributed by atoms with Crippen LogP contribution in [0.5, 0.6) is 0 Å². The molecule has 2 atom stereocenters. The van der Waals surface area contributed by atoms with Crippen molar-refractivity contribution in [3.05, 3.63) is 129 Å². The number of fused-ring (bicyclic) bond motifs is 7. The van der Waals surface area contributed by atoms with Crippen molar-refractivity contribution in [3.63, 3.8) is 0 Å². The third kappa shape index (κ3) is 5.77. The van der Waals surface area contributed by atoms with Crippen molar-refractivity contribution in [2.75, 3.05) is 0 Å². The van der Waals surface area contributed by atoms with Crippen molar-refractivity contribution < 1.29 is 0 Å². The van der Waals surface area contributed by atoms with Gasteiger partial charge in [0.1, 0.15) is 0 Å². The van der Waals surface area contributed by atoms with Gasteiger partial charge in [-0.3, -0.25) is 0 Å². The molecular formula is C47H54. The summed E-state index contributed by atoms with van der Waals surface area (Å²) in [5.74, 6) is 0.604. The summed E-state index contributed by atoms with van der Waals surface area (Å²) in [5.41, 5.74) is 15.4. The monoisotopic (exact) mass is 618 g/mol. The highest BCUT2D eigenvalue weighted by Gasteiger charge is 2.50. The Morgan fingerprint density at radius 2 is 1.66 bits per heavy atom. The molecule has 4 aromatic rings. The van der Waals surface area contributed by atoms with E-state index >= 15 is 0 Å². The first-order valence-corrected chi connectivity index (χ1v) is 18.5. The molecule has 0 nitrogen and oxygen atoms in total. The zero-order valence-corrected chi connectivity index (χ0v) is 30.0. The average molecular weight is 619 g/mol. The van der Waals surface area contributed by atoms with E-state index in [1.807, 2.05) is 0 Å². The third-order valence-corrected chi connectivity index (χ3v) is 12.1. The number of hydrogen-bond acceptors (Lipinski definition) is 0. The van der Waals surface area contributed by atoms with Gasteiger partial charge in [0.05, 0.1) is 0 Å². The van der Waals surface area contributed by atoms with E-state index < -0.39 is 0 Å². The fourth-order valence-corrected chi connectivity index (χ4v) is 8.95. The lowest BCUT2D eigenvalue weighted by molar-refractivity contribution is 0.406. The first-order valence-electron chi connectivity index (χ1n) is 18.5. The van der Waals surface area contributed by atoms with E-state index in [1.165, 1.54) is 92.6 Å². The molecule has 1 saturated carbocycles. The molecule has 1 fully saturated rings. The van der Waals surface area contributed by atoms with Crippen molar-refractivity contribution >= 4 is 33.2 Å². The van der Waals surface area contributed by atoms with E-state index in [2.05, 4.69) is 133 Å². The Morgan fingerprint density at radius 1 is 0.894 bits per heavy atom. The Kier molecular flexibility index (Phi) is 8.44. The highest BCUT2D eigenvalue weighted by molar-refractivity contribution is 6.02. The summed E-state index contributed by atoms with van der Waals surface area (Å²) in [5, 5.41) is 5.47. The van der Waals surface area contributed by atoms with E-state index in [9.17, 15) is 0 Å². The molecule has 0 aliphatic heterocycles. The predicted molar refractivity (Wildman–Crippen MR) is 206 cm³/mol. The van der Waals surface area contributed by atoms with Gasteiger partial charge < -0.3 is 0 Å². The quantitative estimate of drug-likeness (QED) is 0.172. The summed E-state index contributed by atoms with van der Waals surface area (Å²) in [6.45, 7) is 16.7. The lowest BCUT2D eigenvalue weighted by atomic mass is 9.63. The molecular weight excluding hydrogens is 565 g/mol. The predicted octanol–water partition coefficient (Wildman–Crippen LogP) is 13.8. The molecule has 0 heteroatoms. The number of benzene rings is 4. The Labute approximate surface area is 284 Å². The molecule has 0 amide bonds. The van der Waals surface area contributed by atoms with Crippen LogP contribution >= 0.6 is 0 Å². The van der Waals surface area contributed by atoms with E-state index in [0.717, 1.165) is 25.7 Å². The van der Waals surface area contributed by atoms with Crippen LogP contribution in [0.25, 0.3) is 33.2 Å². The standard InChI is InChI=1S/C47H54/c1-8-10-15-24-46(5,6)37-22-20-33-21-23-39-38(41(33)28-37)19-14-13-18-36-30-47(7,44-29-40(44)32(4)25-31(3)9-2)43-27-35-17-12-11-16-34(35)26-42(43)45(36)39/h11-12,14,16-17,19-23,25-28,44H,8-10,13,15,18,24,29-30H2,1-7H3. The smallest absolute Gasteiger partial charge is 0.00372 e. The Hall–Kier alpha value is -3.64. The molecule has 47 heavy (non-hydrogen) atoms. The molecule has 242 valence electrons. The van der Waals surface area contributed by atoms with Crippen LogP contribution in [0, 0.1) is 5.92 Å². The molecule has 0 saturated heterocycles. The maximum absolute atomic E-state index is 2.59. The average Bonchev–Trinajstić information content (AvgIpc) is 3.87. The lowest BCUT2D eigenvalue weighted by Gasteiger charge is -2.40. The Balaban J connectivity index is 1.42. The van der Waals surface area contributed by atoms with Gasteiger partial charge in [-0.1, -0.05) is 143 Å². The molecule has 0 aromatic heterocycles.